The molecule has 6 nitrogen and oxygen atoms in total. The van der Waals surface area contributed by atoms with Crippen molar-refractivity contribution in [1.29, 1.82) is 0 Å². The van der Waals surface area contributed by atoms with Crippen LogP contribution >= 0.6 is 0 Å². The second-order valence-electron chi connectivity index (χ2n) is 9.30. The third-order valence-corrected chi connectivity index (χ3v) is 8.81. The van der Waals surface area contributed by atoms with Gasteiger partial charge in [-0.05, 0) is 62.1 Å². The first-order chi connectivity index (χ1) is 17.3. The third kappa shape index (κ3) is 4.94. The fourth-order valence-corrected chi connectivity index (χ4v) is 6.58. The summed E-state index contributed by atoms with van der Waals surface area (Å²) >= 11 is 0. The van der Waals surface area contributed by atoms with Gasteiger partial charge in [0.15, 0.2) is 11.6 Å². The maximum atomic E-state index is 14.4. The average Bonchev–Trinajstić information content (AvgIpc) is 2.89. The van der Waals surface area contributed by atoms with E-state index in [-0.39, 0.29) is 15.8 Å². The van der Waals surface area contributed by atoms with Crippen molar-refractivity contribution in [2.45, 2.75) is 41.5 Å². The molecule has 2 aromatic carbocycles. The van der Waals surface area contributed by atoms with E-state index in [1.165, 1.54) is 24.4 Å². The Morgan fingerprint density at radius 3 is 2.56 bits per heavy atom. The number of benzene rings is 2. The van der Waals surface area contributed by atoms with Crippen LogP contribution in [0, 0.1) is 17.5 Å². The normalized spacial score (nSPS) is 19.6. The second kappa shape index (κ2) is 10.4. The number of piperidine rings is 1. The number of morpholine rings is 1. The maximum absolute atomic E-state index is 14.4. The summed E-state index contributed by atoms with van der Waals surface area (Å²) in [5.74, 6) is -2.89. The summed E-state index contributed by atoms with van der Waals surface area (Å²) in [6.07, 6.45) is 4.79. The molecule has 0 amide bonds. The summed E-state index contributed by atoms with van der Waals surface area (Å²) in [5, 5.41) is 0.386. The van der Waals surface area contributed by atoms with Crippen molar-refractivity contribution >= 4 is 26.4 Å². The molecule has 0 spiro atoms. The molecule has 0 bridgehead atoms. The van der Waals surface area contributed by atoms with Crippen LogP contribution in [-0.4, -0.2) is 63.7 Å². The van der Waals surface area contributed by atoms with E-state index in [4.69, 9.17) is 4.74 Å². The minimum atomic E-state index is -4.28. The van der Waals surface area contributed by atoms with Crippen molar-refractivity contribution in [2.75, 3.05) is 44.3 Å². The van der Waals surface area contributed by atoms with E-state index in [0.29, 0.717) is 42.4 Å². The van der Waals surface area contributed by atoms with Crippen molar-refractivity contribution in [1.82, 2.24) is 9.88 Å². The number of fused-ring (bicyclic) bond motifs is 1. The minimum absolute atomic E-state index is 0.0365. The SMILES string of the molecule is O=S(=O)(c1ccc(F)c(F)c1)c1cnc2ccc(F)cc2c1N1CCCC[C@H]1CCN1CCOCC1. The first-order valence-corrected chi connectivity index (χ1v) is 13.7. The molecule has 5 rings (SSSR count). The van der Waals surface area contributed by atoms with Gasteiger partial charge >= 0.3 is 0 Å². The smallest absolute Gasteiger partial charge is 0.210 e. The number of rotatable bonds is 6. The Hall–Kier alpha value is -2.69. The van der Waals surface area contributed by atoms with E-state index in [1.54, 1.807) is 0 Å². The highest BCUT2D eigenvalue weighted by atomic mass is 32.2. The summed E-state index contributed by atoms with van der Waals surface area (Å²) < 4.78 is 74.9. The number of hydrogen-bond donors (Lipinski definition) is 0. The van der Waals surface area contributed by atoms with Gasteiger partial charge in [-0.25, -0.2) is 21.6 Å². The highest BCUT2D eigenvalue weighted by molar-refractivity contribution is 7.91. The number of nitrogens with zero attached hydrogens (tertiary/aromatic N) is 3. The molecule has 2 aliphatic heterocycles. The summed E-state index contributed by atoms with van der Waals surface area (Å²) in [5.41, 5.74) is 0.837. The molecule has 36 heavy (non-hydrogen) atoms. The number of pyridine rings is 1. The monoisotopic (exact) mass is 519 g/mol. The fourth-order valence-electron chi connectivity index (χ4n) is 5.15. The first kappa shape index (κ1) is 25.0. The molecule has 0 aliphatic carbocycles. The Labute approximate surface area is 208 Å². The van der Waals surface area contributed by atoms with Gasteiger partial charge in [-0.15, -0.1) is 0 Å². The van der Waals surface area contributed by atoms with Crippen molar-refractivity contribution in [3.05, 3.63) is 60.0 Å². The maximum Gasteiger partial charge on any atom is 0.210 e. The highest BCUT2D eigenvalue weighted by Crippen LogP contribution is 2.39. The van der Waals surface area contributed by atoms with Crippen molar-refractivity contribution in [3.63, 3.8) is 0 Å². The average molecular weight is 520 g/mol. The van der Waals surface area contributed by atoms with Crippen LogP contribution in [0.3, 0.4) is 0 Å². The highest BCUT2D eigenvalue weighted by Gasteiger charge is 2.32. The lowest BCUT2D eigenvalue weighted by molar-refractivity contribution is 0.0362. The van der Waals surface area contributed by atoms with Gasteiger partial charge in [0, 0.05) is 43.8 Å². The third-order valence-electron chi connectivity index (χ3n) is 7.06. The molecule has 1 aromatic heterocycles. The molecular formula is C26H28F3N3O3S. The summed E-state index contributed by atoms with van der Waals surface area (Å²) in [6.45, 7) is 4.53. The van der Waals surface area contributed by atoms with Crippen LogP contribution in [0.25, 0.3) is 10.9 Å². The zero-order valence-corrected chi connectivity index (χ0v) is 20.6. The van der Waals surface area contributed by atoms with Gasteiger partial charge in [-0.1, -0.05) is 0 Å². The van der Waals surface area contributed by atoms with E-state index < -0.39 is 27.3 Å². The Morgan fingerprint density at radius 2 is 1.78 bits per heavy atom. The van der Waals surface area contributed by atoms with Crippen molar-refractivity contribution in [3.8, 4) is 0 Å². The largest absolute Gasteiger partial charge is 0.379 e. The zero-order chi connectivity index (χ0) is 25.3. The van der Waals surface area contributed by atoms with Crippen molar-refractivity contribution < 1.29 is 26.3 Å². The fraction of sp³-hybridized carbons (Fsp3) is 0.423. The number of sulfone groups is 1. The molecular weight excluding hydrogens is 491 g/mol. The van der Waals surface area contributed by atoms with Gasteiger partial charge in [-0.2, -0.15) is 0 Å². The van der Waals surface area contributed by atoms with Gasteiger partial charge in [0.2, 0.25) is 9.84 Å². The molecule has 0 saturated carbocycles. The molecule has 2 aliphatic rings. The van der Waals surface area contributed by atoms with Gasteiger partial charge in [-0.3, -0.25) is 9.88 Å². The minimum Gasteiger partial charge on any atom is -0.379 e. The van der Waals surface area contributed by atoms with Crippen molar-refractivity contribution in [2.24, 2.45) is 0 Å². The molecule has 3 aromatic rings. The molecule has 1 atom stereocenters. The molecule has 0 unspecified atom stereocenters. The van der Waals surface area contributed by atoms with E-state index >= 15 is 0 Å². The van der Waals surface area contributed by atoms with Crippen LogP contribution in [0.2, 0.25) is 0 Å². The molecule has 2 fully saturated rings. The number of anilines is 1. The van der Waals surface area contributed by atoms with Crippen LogP contribution in [0.15, 0.2) is 52.4 Å². The van der Waals surface area contributed by atoms with Gasteiger partial charge in [0.1, 0.15) is 10.7 Å². The van der Waals surface area contributed by atoms with E-state index in [0.717, 1.165) is 57.5 Å². The zero-order valence-electron chi connectivity index (χ0n) is 19.8. The topological polar surface area (TPSA) is 62.7 Å². The summed E-state index contributed by atoms with van der Waals surface area (Å²) in [6, 6.07) is 6.66. The number of halogens is 3. The van der Waals surface area contributed by atoms with Crippen LogP contribution < -0.4 is 4.90 Å². The Balaban J connectivity index is 1.61. The Morgan fingerprint density at radius 1 is 0.972 bits per heavy atom. The standard InChI is InChI=1S/C26H28F3N3O3S/c27-18-4-7-24-21(15-18)26(25(17-30-24)36(33,34)20-5-6-22(28)23(29)16-20)32-9-2-1-3-19(32)8-10-31-11-13-35-14-12-31/h4-7,15-17,19H,1-3,8-14H2/t19-/m0/s1. The number of hydrogen-bond acceptors (Lipinski definition) is 6. The quantitative estimate of drug-likeness (QED) is 0.445. The molecule has 192 valence electrons. The molecule has 10 heteroatoms. The van der Waals surface area contributed by atoms with E-state index in [1.807, 2.05) is 0 Å². The Kier molecular flexibility index (Phi) is 7.18. The first-order valence-electron chi connectivity index (χ1n) is 12.2. The van der Waals surface area contributed by atoms with Gasteiger partial charge < -0.3 is 9.64 Å². The van der Waals surface area contributed by atoms with Crippen LogP contribution in [0.1, 0.15) is 25.7 Å². The van der Waals surface area contributed by atoms with Gasteiger partial charge in [0.05, 0.1) is 29.3 Å². The number of ether oxygens (including phenoxy) is 1. The van der Waals surface area contributed by atoms with Crippen LogP contribution in [0.5, 0.6) is 0 Å². The van der Waals surface area contributed by atoms with Gasteiger partial charge in [0.25, 0.3) is 0 Å². The van der Waals surface area contributed by atoms with E-state index in [2.05, 4.69) is 14.8 Å². The lowest BCUT2D eigenvalue weighted by Crippen LogP contribution is -2.44. The van der Waals surface area contributed by atoms with E-state index in [9.17, 15) is 21.6 Å². The molecule has 2 saturated heterocycles. The molecule has 0 radical (unpaired) electrons. The Bertz CT molecular complexity index is 1360. The predicted molar refractivity (Wildman–Crippen MR) is 130 cm³/mol. The lowest BCUT2D eigenvalue weighted by atomic mass is 9.97. The van der Waals surface area contributed by atoms with Crippen LogP contribution in [-0.2, 0) is 14.6 Å². The predicted octanol–water partition coefficient (Wildman–Crippen LogP) is 4.57. The summed E-state index contributed by atoms with van der Waals surface area (Å²) in [7, 11) is -4.28. The number of aromatic nitrogens is 1. The summed E-state index contributed by atoms with van der Waals surface area (Å²) in [4.78, 5) is 8.17. The molecule has 3 heterocycles. The lowest BCUT2D eigenvalue weighted by Gasteiger charge is -2.40. The second-order valence-corrected chi connectivity index (χ2v) is 11.2. The molecule has 0 N–H and O–H groups in total. The van der Waals surface area contributed by atoms with Crippen LogP contribution in [0.4, 0.5) is 18.9 Å².